The van der Waals surface area contributed by atoms with Crippen LogP contribution in [0, 0.1) is 5.82 Å². The molecule has 0 saturated heterocycles. The lowest BCUT2D eigenvalue weighted by Gasteiger charge is -1.97. The van der Waals surface area contributed by atoms with Crippen molar-refractivity contribution in [1.29, 1.82) is 0 Å². The summed E-state index contributed by atoms with van der Waals surface area (Å²) in [5, 5.41) is 9.32. The summed E-state index contributed by atoms with van der Waals surface area (Å²) in [6.07, 6.45) is 1.30. The zero-order valence-electron chi connectivity index (χ0n) is 9.63. The number of aromatic nitrogens is 2. The number of hydrogen-bond acceptors (Lipinski definition) is 4. The Bertz CT molecular complexity index is 661. The normalized spacial score (nSPS) is 10.6. The number of benzene rings is 1. The smallest absolute Gasteiger partial charge is 0.268 e. The molecule has 0 unspecified atom stereocenters. The zero-order valence-corrected chi connectivity index (χ0v) is 9.63. The maximum atomic E-state index is 12.9. The number of H-pyrrole nitrogens is 1. The Morgan fingerprint density at radius 2 is 2.21 bits per heavy atom. The van der Waals surface area contributed by atoms with Crippen LogP contribution in [-0.4, -0.2) is 22.3 Å². The van der Waals surface area contributed by atoms with Gasteiger partial charge in [0, 0.05) is 6.07 Å². The van der Waals surface area contributed by atoms with Crippen LogP contribution in [0.5, 0.6) is 0 Å². The molecule has 1 aromatic heterocycles. The monoisotopic (exact) mass is 260 g/mol. The molecule has 2 N–H and O–H groups in total. The molecule has 0 spiro atoms. The van der Waals surface area contributed by atoms with Gasteiger partial charge in [-0.3, -0.25) is 9.59 Å². The predicted octanol–water partition coefficient (Wildman–Crippen LogP) is 0.673. The highest BCUT2D eigenvalue weighted by Crippen LogP contribution is 2.00. The summed E-state index contributed by atoms with van der Waals surface area (Å²) < 4.78 is 12.9. The number of halogens is 1. The van der Waals surface area contributed by atoms with Crippen molar-refractivity contribution in [2.45, 2.75) is 0 Å². The quantitative estimate of drug-likeness (QED) is 0.628. The van der Waals surface area contributed by atoms with Crippen LogP contribution in [0.1, 0.15) is 16.1 Å². The molecule has 7 heteroatoms. The average molecular weight is 260 g/mol. The Morgan fingerprint density at radius 1 is 1.37 bits per heavy atom. The fourth-order valence-electron chi connectivity index (χ4n) is 1.28. The lowest BCUT2D eigenvalue weighted by atomic mass is 10.2. The van der Waals surface area contributed by atoms with Crippen LogP contribution in [0.2, 0.25) is 0 Å². The minimum atomic E-state index is -0.580. The van der Waals surface area contributed by atoms with E-state index in [0.29, 0.717) is 5.56 Å². The molecule has 0 fully saturated rings. The van der Waals surface area contributed by atoms with Gasteiger partial charge in [0.1, 0.15) is 5.82 Å². The molecule has 2 rings (SSSR count). The van der Waals surface area contributed by atoms with Crippen LogP contribution < -0.4 is 11.0 Å². The average Bonchev–Trinajstić information content (AvgIpc) is 2.39. The first-order valence-corrected chi connectivity index (χ1v) is 5.30. The number of nitrogens with one attached hydrogen (secondary N) is 2. The largest absolute Gasteiger partial charge is 0.291 e. The Morgan fingerprint density at radius 3 is 2.89 bits per heavy atom. The topological polar surface area (TPSA) is 87.2 Å². The summed E-state index contributed by atoms with van der Waals surface area (Å²) in [6, 6.07) is 8.19. The molecule has 1 aromatic carbocycles. The third kappa shape index (κ3) is 3.56. The van der Waals surface area contributed by atoms with Crippen molar-refractivity contribution in [2.75, 3.05) is 0 Å². The Kier molecular flexibility index (Phi) is 3.77. The van der Waals surface area contributed by atoms with Crippen molar-refractivity contribution in [3.63, 3.8) is 0 Å². The Labute approximate surface area is 107 Å². The van der Waals surface area contributed by atoms with Gasteiger partial charge in [0.15, 0.2) is 5.69 Å². The minimum Gasteiger partial charge on any atom is -0.268 e. The Balaban J connectivity index is 2.00. The standard InChI is InChI=1S/C12H9FN4O2/c13-9-3-1-2-8(6-9)7-14-17-12(19)10-4-5-11(18)16-15-10/h1-7H,(H,16,18)(H,17,19)/b14-7-. The highest BCUT2D eigenvalue weighted by Gasteiger charge is 2.05. The number of rotatable bonds is 3. The molecular weight excluding hydrogens is 251 g/mol. The molecule has 1 amide bonds. The number of amides is 1. The van der Waals surface area contributed by atoms with E-state index in [0.717, 1.165) is 0 Å². The number of aromatic amines is 1. The van der Waals surface area contributed by atoms with E-state index < -0.39 is 17.3 Å². The first-order chi connectivity index (χ1) is 9.15. The van der Waals surface area contributed by atoms with E-state index in [2.05, 4.69) is 20.7 Å². The first-order valence-electron chi connectivity index (χ1n) is 5.30. The molecule has 0 atom stereocenters. The number of hydrazone groups is 1. The lowest BCUT2D eigenvalue weighted by molar-refractivity contribution is 0.0949. The molecule has 2 aromatic rings. The van der Waals surface area contributed by atoms with Gasteiger partial charge in [0.2, 0.25) is 0 Å². The second kappa shape index (κ2) is 5.67. The molecule has 0 aliphatic heterocycles. The van der Waals surface area contributed by atoms with Gasteiger partial charge in [0.05, 0.1) is 6.21 Å². The minimum absolute atomic E-state index is 0.0241. The van der Waals surface area contributed by atoms with Crippen LogP contribution in [0.25, 0.3) is 0 Å². The van der Waals surface area contributed by atoms with Gasteiger partial charge in [-0.1, -0.05) is 12.1 Å². The molecule has 96 valence electrons. The first kappa shape index (κ1) is 12.6. The maximum Gasteiger partial charge on any atom is 0.291 e. The van der Waals surface area contributed by atoms with Gasteiger partial charge in [-0.25, -0.2) is 14.9 Å². The zero-order chi connectivity index (χ0) is 13.7. The van der Waals surface area contributed by atoms with E-state index in [-0.39, 0.29) is 5.69 Å². The van der Waals surface area contributed by atoms with E-state index in [1.54, 1.807) is 6.07 Å². The summed E-state index contributed by atoms with van der Waals surface area (Å²) in [4.78, 5) is 22.3. The van der Waals surface area contributed by atoms with Gasteiger partial charge in [-0.15, -0.1) is 0 Å². The van der Waals surface area contributed by atoms with Gasteiger partial charge in [-0.05, 0) is 23.8 Å². The van der Waals surface area contributed by atoms with E-state index in [9.17, 15) is 14.0 Å². The molecule has 0 saturated carbocycles. The predicted molar refractivity (Wildman–Crippen MR) is 66.3 cm³/mol. The van der Waals surface area contributed by atoms with Gasteiger partial charge < -0.3 is 0 Å². The number of hydrogen-bond donors (Lipinski definition) is 2. The van der Waals surface area contributed by atoms with Crippen molar-refractivity contribution in [1.82, 2.24) is 15.6 Å². The molecule has 0 radical (unpaired) electrons. The number of carbonyl (C=O) groups excluding carboxylic acids is 1. The highest BCUT2D eigenvalue weighted by atomic mass is 19.1. The van der Waals surface area contributed by atoms with E-state index in [1.165, 1.54) is 36.5 Å². The fourth-order valence-corrected chi connectivity index (χ4v) is 1.28. The number of nitrogens with zero attached hydrogens (tertiary/aromatic N) is 2. The molecule has 1 heterocycles. The summed E-state index contributed by atoms with van der Waals surface area (Å²) in [5.41, 5.74) is 2.34. The van der Waals surface area contributed by atoms with Crippen LogP contribution in [0.15, 0.2) is 46.3 Å². The van der Waals surface area contributed by atoms with Crippen molar-refractivity contribution in [3.05, 3.63) is 63.8 Å². The van der Waals surface area contributed by atoms with Crippen LogP contribution in [0.4, 0.5) is 4.39 Å². The summed E-state index contributed by atoms with van der Waals surface area (Å²) in [5.74, 6) is -0.971. The summed E-state index contributed by atoms with van der Waals surface area (Å²) in [6.45, 7) is 0. The van der Waals surface area contributed by atoms with Gasteiger partial charge in [0.25, 0.3) is 11.5 Å². The van der Waals surface area contributed by atoms with Crippen molar-refractivity contribution in [3.8, 4) is 0 Å². The molecule has 0 aliphatic carbocycles. The molecular formula is C12H9FN4O2. The fraction of sp³-hybridized carbons (Fsp3) is 0. The third-order valence-electron chi connectivity index (χ3n) is 2.14. The van der Waals surface area contributed by atoms with Crippen molar-refractivity contribution in [2.24, 2.45) is 5.10 Å². The van der Waals surface area contributed by atoms with Crippen LogP contribution in [-0.2, 0) is 0 Å². The van der Waals surface area contributed by atoms with Crippen molar-refractivity contribution >= 4 is 12.1 Å². The van der Waals surface area contributed by atoms with Crippen molar-refractivity contribution < 1.29 is 9.18 Å². The molecule has 19 heavy (non-hydrogen) atoms. The third-order valence-corrected chi connectivity index (χ3v) is 2.14. The summed E-state index contributed by atoms with van der Waals surface area (Å²) in [7, 11) is 0. The molecule has 6 nitrogen and oxygen atoms in total. The summed E-state index contributed by atoms with van der Waals surface area (Å²) >= 11 is 0. The number of carbonyl (C=O) groups is 1. The lowest BCUT2D eigenvalue weighted by Crippen LogP contribution is -2.21. The van der Waals surface area contributed by atoms with E-state index in [4.69, 9.17) is 0 Å². The second-order valence-electron chi connectivity index (χ2n) is 3.56. The van der Waals surface area contributed by atoms with E-state index in [1.807, 2.05) is 0 Å². The maximum absolute atomic E-state index is 12.9. The molecule has 0 bridgehead atoms. The van der Waals surface area contributed by atoms with Gasteiger partial charge in [-0.2, -0.15) is 10.2 Å². The highest BCUT2D eigenvalue weighted by molar-refractivity contribution is 5.92. The Hall–Kier alpha value is -2.83. The SMILES string of the molecule is O=C(N/N=C\c1cccc(F)c1)c1ccc(=O)[nH]n1. The van der Waals surface area contributed by atoms with Gasteiger partial charge >= 0.3 is 0 Å². The van der Waals surface area contributed by atoms with E-state index >= 15 is 0 Å². The second-order valence-corrected chi connectivity index (χ2v) is 3.56. The molecule has 0 aliphatic rings. The van der Waals surface area contributed by atoms with Crippen LogP contribution in [0.3, 0.4) is 0 Å². The van der Waals surface area contributed by atoms with Crippen LogP contribution >= 0.6 is 0 Å².